The number of nitro benzene ring substituents is 1. The summed E-state index contributed by atoms with van der Waals surface area (Å²) in [7, 11) is -3.93. The van der Waals surface area contributed by atoms with E-state index in [0.717, 1.165) is 10.5 Å². The summed E-state index contributed by atoms with van der Waals surface area (Å²) in [6.07, 6.45) is 0. The number of halogens is 1. The van der Waals surface area contributed by atoms with E-state index < -0.39 is 14.9 Å². The molecule has 112 valence electrons. The van der Waals surface area contributed by atoms with Crippen LogP contribution in [0.25, 0.3) is 0 Å². The number of fused-ring (bicyclic) bond motifs is 1. The largest absolute Gasteiger partial charge is 0.339 e. The van der Waals surface area contributed by atoms with Crippen molar-refractivity contribution in [3.8, 4) is 0 Å². The number of anilines is 1. The molecular weight excluding hydrogens is 374 g/mol. The smallest absolute Gasteiger partial charge is 0.285 e. The van der Waals surface area contributed by atoms with Crippen LogP contribution in [0.4, 0.5) is 11.4 Å². The molecule has 0 amide bonds. The van der Waals surface area contributed by atoms with Crippen molar-refractivity contribution in [3.63, 3.8) is 0 Å². The summed E-state index contributed by atoms with van der Waals surface area (Å²) in [4.78, 5) is 9.96. The molecule has 1 N–H and O–H groups in total. The van der Waals surface area contributed by atoms with E-state index in [1.807, 2.05) is 0 Å². The van der Waals surface area contributed by atoms with Crippen LogP contribution in [0.2, 0.25) is 0 Å². The number of amidine groups is 1. The zero-order chi connectivity index (χ0) is 15.9. The fourth-order valence-electron chi connectivity index (χ4n) is 2.01. The Bertz CT molecular complexity index is 907. The molecule has 0 atom stereocenters. The molecule has 2 aromatic carbocycles. The van der Waals surface area contributed by atoms with Crippen LogP contribution in [0.3, 0.4) is 0 Å². The summed E-state index contributed by atoms with van der Waals surface area (Å²) in [6.45, 7) is 0. The Labute approximate surface area is 134 Å². The first-order valence-corrected chi connectivity index (χ1v) is 8.26. The van der Waals surface area contributed by atoms with E-state index in [1.165, 1.54) is 12.1 Å². The number of non-ortho nitro benzene ring substituents is 1. The van der Waals surface area contributed by atoms with Crippen LogP contribution in [-0.2, 0) is 10.0 Å². The van der Waals surface area contributed by atoms with E-state index >= 15 is 0 Å². The lowest BCUT2D eigenvalue weighted by atomic mass is 10.2. The number of hydrogen-bond acceptors (Lipinski definition) is 5. The Morgan fingerprint density at radius 1 is 1.14 bits per heavy atom. The topological polar surface area (TPSA) is 102 Å². The second kappa shape index (κ2) is 5.18. The van der Waals surface area contributed by atoms with Gasteiger partial charge in [0.05, 0.1) is 4.92 Å². The molecule has 0 saturated carbocycles. The van der Waals surface area contributed by atoms with Gasteiger partial charge in [-0.2, -0.15) is 8.42 Å². The summed E-state index contributed by atoms with van der Waals surface area (Å²) in [5.74, 6) is 0.146. The van der Waals surface area contributed by atoms with Crippen LogP contribution in [0.1, 0.15) is 5.56 Å². The van der Waals surface area contributed by atoms with Crippen LogP contribution in [0.15, 0.2) is 56.2 Å². The number of nitrogens with zero attached hydrogens (tertiary/aromatic N) is 2. The molecule has 0 aromatic heterocycles. The second-order valence-electron chi connectivity index (χ2n) is 4.48. The van der Waals surface area contributed by atoms with Gasteiger partial charge in [0.25, 0.3) is 15.7 Å². The number of nitro groups is 1. The SMILES string of the molecule is O=[N+]([O-])c1ccc2c(c1)S(=O)(=O)N=C2Nc1ccc(Br)cc1. The Hall–Kier alpha value is -2.26. The van der Waals surface area contributed by atoms with Crippen molar-refractivity contribution < 1.29 is 13.3 Å². The lowest BCUT2D eigenvalue weighted by molar-refractivity contribution is -0.385. The fourth-order valence-corrected chi connectivity index (χ4v) is 3.47. The molecule has 0 saturated heterocycles. The highest BCUT2D eigenvalue weighted by Crippen LogP contribution is 2.30. The van der Waals surface area contributed by atoms with Crippen molar-refractivity contribution in [1.82, 2.24) is 0 Å². The van der Waals surface area contributed by atoms with Crippen molar-refractivity contribution >= 4 is 43.2 Å². The van der Waals surface area contributed by atoms with Gasteiger partial charge in [-0.25, -0.2) is 0 Å². The standard InChI is InChI=1S/C13H8BrN3O4S/c14-8-1-3-9(4-2-8)15-13-11-6-5-10(17(18)19)7-12(11)22(20,21)16-13/h1-7H,(H,15,16). The number of rotatable bonds is 2. The molecule has 3 rings (SSSR count). The lowest BCUT2D eigenvalue weighted by Crippen LogP contribution is -2.11. The maximum atomic E-state index is 12.0. The highest BCUT2D eigenvalue weighted by molar-refractivity contribution is 9.10. The van der Waals surface area contributed by atoms with Gasteiger partial charge in [-0.05, 0) is 30.3 Å². The molecule has 22 heavy (non-hydrogen) atoms. The van der Waals surface area contributed by atoms with Crippen LogP contribution in [-0.4, -0.2) is 19.2 Å². The molecule has 0 bridgehead atoms. The molecule has 0 fully saturated rings. The minimum atomic E-state index is -3.93. The van der Waals surface area contributed by atoms with Gasteiger partial charge < -0.3 is 5.32 Å². The zero-order valence-corrected chi connectivity index (χ0v) is 13.3. The molecular formula is C13H8BrN3O4S. The highest BCUT2D eigenvalue weighted by Gasteiger charge is 2.31. The minimum absolute atomic E-state index is 0.146. The number of benzene rings is 2. The van der Waals surface area contributed by atoms with E-state index in [2.05, 4.69) is 25.6 Å². The van der Waals surface area contributed by atoms with Crippen molar-refractivity contribution in [2.75, 3.05) is 5.32 Å². The molecule has 0 radical (unpaired) electrons. The Kier molecular flexibility index (Phi) is 3.45. The number of nitrogens with one attached hydrogen (secondary N) is 1. The van der Waals surface area contributed by atoms with Crippen molar-refractivity contribution in [2.24, 2.45) is 4.40 Å². The summed E-state index contributed by atoms with van der Waals surface area (Å²) in [5, 5.41) is 13.7. The summed E-state index contributed by atoms with van der Waals surface area (Å²) < 4.78 is 28.6. The van der Waals surface area contributed by atoms with Gasteiger partial charge in [-0.1, -0.05) is 15.9 Å². The van der Waals surface area contributed by atoms with Crippen LogP contribution < -0.4 is 5.32 Å². The molecule has 2 aromatic rings. The quantitative estimate of drug-likeness (QED) is 0.636. The monoisotopic (exact) mass is 381 g/mol. The van der Waals surface area contributed by atoms with E-state index in [1.54, 1.807) is 24.3 Å². The predicted molar refractivity (Wildman–Crippen MR) is 84.6 cm³/mol. The van der Waals surface area contributed by atoms with Crippen molar-refractivity contribution in [3.05, 3.63) is 62.6 Å². The molecule has 0 spiro atoms. The maximum Gasteiger partial charge on any atom is 0.285 e. The van der Waals surface area contributed by atoms with E-state index in [9.17, 15) is 18.5 Å². The van der Waals surface area contributed by atoms with Crippen LogP contribution in [0.5, 0.6) is 0 Å². The fraction of sp³-hybridized carbons (Fsp3) is 0. The molecule has 1 aliphatic heterocycles. The number of sulfonamides is 1. The van der Waals surface area contributed by atoms with E-state index in [4.69, 9.17) is 0 Å². The van der Waals surface area contributed by atoms with Gasteiger partial charge in [0.2, 0.25) is 0 Å². The van der Waals surface area contributed by atoms with E-state index in [-0.39, 0.29) is 16.4 Å². The summed E-state index contributed by atoms with van der Waals surface area (Å²) in [6, 6.07) is 10.7. The Morgan fingerprint density at radius 3 is 2.45 bits per heavy atom. The molecule has 0 aliphatic carbocycles. The first kappa shape index (κ1) is 14.7. The first-order chi connectivity index (χ1) is 10.4. The Balaban J connectivity index is 2.02. The maximum absolute atomic E-state index is 12.0. The molecule has 1 aliphatic rings. The van der Waals surface area contributed by atoms with Gasteiger partial charge in [0.1, 0.15) is 4.90 Å². The third-order valence-corrected chi connectivity index (χ3v) is 4.87. The van der Waals surface area contributed by atoms with Gasteiger partial charge >= 0.3 is 0 Å². The third kappa shape index (κ3) is 2.60. The molecule has 7 nitrogen and oxygen atoms in total. The summed E-state index contributed by atoms with van der Waals surface area (Å²) in [5.41, 5.74) is 0.680. The highest BCUT2D eigenvalue weighted by atomic mass is 79.9. The van der Waals surface area contributed by atoms with Gasteiger partial charge in [-0.15, -0.1) is 4.40 Å². The Morgan fingerprint density at radius 2 is 1.82 bits per heavy atom. The predicted octanol–water partition coefficient (Wildman–Crippen LogP) is 2.92. The molecule has 0 unspecified atom stereocenters. The van der Waals surface area contributed by atoms with Gasteiger partial charge in [0.15, 0.2) is 5.84 Å². The van der Waals surface area contributed by atoms with Gasteiger partial charge in [0, 0.05) is 27.9 Å². The zero-order valence-electron chi connectivity index (χ0n) is 10.9. The van der Waals surface area contributed by atoms with Crippen LogP contribution >= 0.6 is 15.9 Å². The average molecular weight is 382 g/mol. The van der Waals surface area contributed by atoms with Gasteiger partial charge in [-0.3, -0.25) is 10.1 Å². The minimum Gasteiger partial charge on any atom is -0.339 e. The van der Waals surface area contributed by atoms with Crippen molar-refractivity contribution in [1.29, 1.82) is 0 Å². The van der Waals surface area contributed by atoms with E-state index in [0.29, 0.717) is 11.3 Å². The third-order valence-electron chi connectivity index (χ3n) is 3.03. The number of hydrogen-bond donors (Lipinski definition) is 1. The molecule has 9 heteroatoms. The average Bonchev–Trinajstić information content (AvgIpc) is 2.72. The normalized spacial score (nSPS) is 15.0. The lowest BCUT2D eigenvalue weighted by Gasteiger charge is -2.06. The van der Waals surface area contributed by atoms with Crippen molar-refractivity contribution in [2.45, 2.75) is 4.90 Å². The molecule has 1 heterocycles. The summed E-state index contributed by atoms with van der Waals surface area (Å²) >= 11 is 3.31. The van der Waals surface area contributed by atoms with Crippen LogP contribution in [0, 0.1) is 10.1 Å². The second-order valence-corrected chi connectivity index (χ2v) is 6.97. The first-order valence-electron chi connectivity index (χ1n) is 6.03.